The highest BCUT2D eigenvalue weighted by molar-refractivity contribution is 6.40. The van der Waals surface area contributed by atoms with Gasteiger partial charge in [-0.1, -0.05) is 0 Å². The maximum atomic E-state index is 14.0. The number of fused-ring (bicyclic) bond motifs is 2. The number of hydrogen-bond acceptors (Lipinski definition) is 14. The number of phenols is 2. The maximum Gasteiger partial charge on any atom is 0.302 e. The molecule has 14 heteroatoms. The maximum absolute atomic E-state index is 14.0. The van der Waals surface area contributed by atoms with Crippen molar-refractivity contribution in [2.75, 3.05) is 0 Å². The van der Waals surface area contributed by atoms with Crippen LogP contribution in [0.5, 0.6) is 11.5 Å². The van der Waals surface area contributed by atoms with Crippen LogP contribution in [0.3, 0.4) is 0 Å². The van der Waals surface area contributed by atoms with E-state index in [-0.39, 0.29) is 33.4 Å². The lowest BCUT2D eigenvalue weighted by Crippen LogP contribution is -2.52. The summed E-state index contributed by atoms with van der Waals surface area (Å²) in [6.07, 6.45) is -3.49. The van der Waals surface area contributed by atoms with Gasteiger partial charge in [-0.05, 0) is 52.0 Å². The summed E-state index contributed by atoms with van der Waals surface area (Å²) in [4.78, 5) is 106. The Balaban J connectivity index is 1.48. The third-order valence-corrected chi connectivity index (χ3v) is 10.3. The van der Waals surface area contributed by atoms with Crippen LogP contribution >= 0.6 is 0 Å². The fourth-order valence-corrected chi connectivity index (χ4v) is 8.42. The van der Waals surface area contributed by atoms with E-state index < -0.39 is 128 Å². The molecular formula is C38H34O14. The van der Waals surface area contributed by atoms with Crippen molar-refractivity contribution in [3.05, 3.63) is 68.8 Å². The lowest BCUT2D eigenvalue weighted by atomic mass is 9.64. The van der Waals surface area contributed by atoms with Crippen LogP contribution in [0.25, 0.3) is 11.1 Å². The molecule has 270 valence electrons. The number of allylic oxidation sites excluding steroid dienone is 2. The van der Waals surface area contributed by atoms with Crippen LogP contribution in [0, 0.1) is 11.8 Å². The molecule has 0 spiro atoms. The molecule has 14 nitrogen and oxygen atoms in total. The summed E-state index contributed by atoms with van der Waals surface area (Å²) in [5, 5.41) is 45.4. The number of Topliss-reactive ketones (excluding diaryl/α,β-unsaturated/α-hetero) is 6. The largest absolute Gasteiger partial charge is 0.506 e. The molecule has 0 aromatic heterocycles. The van der Waals surface area contributed by atoms with E-state index in [0.29, 0.717) is 0 Å². The van der Waals surface area contributed by atoms with Crippen LogP contribution in [-0.2, 0) is 28.7 Å². The summed E-state index contributed by atoms with van der Waals surface area (Å²) in [7, 11) is 0. The van der Waals surface area contributed by atoms with Crippen LogP contribution in [0.4, 0.5) is 0 Å². The number of esters is 2. The quantitative estimate of drug-likeness (QED) is 0.258. The minimum atomic E-state index is -1.89. The molecule has 4 aliphatic rings. The molecule has 0 amide bonds. The Morgan fingerprint density at radius 1 is 0.615 bits per heavy atom. The number of aromatic hydroxyl groups is 2. The van der Waals surface area contributed by atoms with Gasteiger partial charge in [0.25, 0.3) is 0 Å². The fraction of sp³-hybridized carbons (Fsp3) is 0.368. The van der Waals surface area contributed by atoms with E-state index in [2.05, 4.69) is 0 Å². The lowest BCUT2D eigenvalue weighted by molar-refractivity contribution is -0.154. The highest BCUT2D eigenvalue weighted by Crippen LogP contribution is 2.51. The molecule has 6 atom stereocenters. The molecule has 6 rings (SSSR count). The van der Waals surface area contributed by atoms with Crippen LogP contribution in [-0.4, -0.2) is 90.5 Å². The second-order valence-corrected chi connectivity index (χ2v) is 14.2. The molecule has 4 aliphatic carbocycles. The van der Waals surface area contributed by atoms with Gasteiger partial charge < -0.3 is 29.9 Å². The zero-order valence-corrected chi connectivity index (χ0v) is 28.9. The summed E-state index contributed by atoms with van der Waals surface area (Å²) in [6, 6.07) is 4.63. The number of ether oxygens (including phenoxy) is 2. The van der Waals surface area contributed by atoms with Crippen molar-refractivity contribution in [2.45, 2.75) is 77.8 Å². The molecule has 0 bridgehead atoms. The first-order chi connectivity index (χ1) is 24.1. The summed E-state index contributed by atoms with van der Waals surface area (Å²) >= 11 is 0. The third kappa shape index (κ3) is 5.23. The minimum absolute atomic E-state index is 0.274. The molecule has 2 aromatic carbocycles. The van der Waals surface area contributed by atoms with Crippen molar-refractivity contribution in [3.63, 3.8) is 0 Å². The molecule has 2 aromatic rings. The molecule has 0 aliphatic heterocycles. The van der Waals surface area contributed by atoms with Gasteiger partial charge in [0.15, 0.2) is 23.1 Å². The molecular weight excluding hydrogens is 680 g/mol. The van der Waals surface area contributed by atoms with Crippen molar-refractivity contribution in [3.8, 4) is 22.6 Å². The Morgan fingerprint density at radius 3 is 1.23 bits per heavy atom. The van der Waals surface area contributed by atoms with E-state index in [1.165, 1.54) is 39.8 Å². The number of rotatable bonds is 5. The Bertz CT molecular complexity index is 2020. The van der Waals surface area contributed by atoms with E-state index in [1.54, 1.807) is 0 Å². The normalized spacial score (nSPS) is 26.7. The van der Waals surface area contributed by atoms with Gasteiger partial charge in [-0.15, -0.1) is 0 Å². The van der Waals surface area contributed by atoms with E-state index in [0.717, 1.165) is 26.0 Å². The Hall–Kier alpha value is -5.60. The van der Waals surface area contributed by atoms with Crippen molar-refractivity contribution in [1.29, 1.82) is 0 Å². The highest BCUT2D eigenvalue weighted by Gasteiger charge is 2.55. The molecule has 0 heterocycles. The zero-order chi connectivity index (χ0) is 38.5. The van der Waals surface area contributed by atoms with E-state index in [1.807, 2.05) is 0 Å². The highest BCUT2D eigenvalue weighted by atomic mass is 16.5. The minimum Gasteiger partial charge on any atom is -0.506 e. The first kappa shape index (κ1) is 36.2. The van der Waals surface area contributed by atoms with Crippen LogP contribution in [0.2, 0.25) is 0 Å². The Morgan fingerprint density at radius 2 is 0.923 bits per heavy atom. The van der Waals surface area contributed by atoms with E-state index in [4.69, 9.17) is 9.47 Å². The lowest BCUT2D eigenvalue weighted by Gasteiger charge is -2.42. The molecule has 0 saturated carbocycles. The molecule has 0 fully saturated rings. The first-order valence-corrected chi connectivity index (χ1v) is 16.4. The third-order valence-electron chi connectivity index (χ3n) is 10.3. The Kier molecular flexibility index (Phi) is 8.35. The molecule has 0 radical (unpaired) electrons. The summed E-state index contributed by atoms with van der Waals surface area (Å²) in [5.41, 5.74) is -8.14. The predicted molar refractivity (Wildman–Crippen MR) is 177 cm³/mol. The number of phenolic OH excluding ortho intramolecular Hbond substituents is 2. The fourth-order valence-electron chi connectivity index (χ4n) is 8.42. The number of benzene rings is 2. The second-order valence-electron chi connectivity index (χ2n) is 14.2. The van der Waals surface area contributed by atoms with Crippen molar-refractivity contribution < 1.29 is 68.3 Å². The average molecular weight is 715 g/mol. The van der Waals surface area contributed by atoms with Gasteiger partial charge in [0.1, 0.15) is 23.7 Å². The number of carbonyl (C=O) groups excluding carboxylic acids is 8. The Labute approximate surface area is 295 Å². The van der Waals surface area contributed by atoms with Gasteiger partial charge in [0.05, 0.1) is 45.3 Å². The second kappa shape index (κ2) is 12.0. The van der Waals surface area contributed by atoms with Crippen molar-refractivity contribution in [1.82, 2.24) is 0 Å². The number of aliphatic hydroxyl groups is 2. The van der Waals surface area contributed by atoms with Crippen molar-refractivity contribution >= 4 is 46.6 Å². The molecule has 0 unspecified atom stereocenters. The predicted octanol–water partition coefficient (Wildman–Crippen LogP) is 2.70. The number of hydrogen-bond donors (Lipinski definition) is 4. The SMILES string of the molecule is CC(=O)O[C@@H](C)[C@H]1C2=C(C(=O)C[C@@]1(C)O)C(=O)c1c(ccc(-c3ccc4c(c3O)C(=O)C3=C(C4=O)[C@H]([C@@H](C)OC(C)=O)[C@@](C)(O)CC3=O)c1O)C2=O. The van der Waals surface area contributed by atoms with Crippen LogP contribution in [0.1, 0.15) is 95.8 Å². The number of ketones is 6. The summed E-state index contributed by atoms with van der Waals surface area (Å²) in [6.45, 7) is 7.61. The van der Waals surface area contributed by atoms with Gasteiger partial charge in [-0.2, -0.15) is 0 Å². The van der Waals surface area contributed by atoms with E-state index >= 15 is 0 Å². The summed E-state index contributed by atoms with van der Waals surface area (Å²) < 4.78 is 10.5. The number of carbonyl (C=O) groups is 8. The van der Waals surface area contributed by atoms with E-state index in [9.17, 15) is 58.8 Å². The summed E-state index contributed by atoms with van der Waals surface area (Å²) in [5.74, 6) is -11.4. The smallest absolute Gasteiger partial charge is 0.302 e. The van der Waals surface area contributed by atoms with Gasteiger partial charge in [0, 0.05) is 60.1 Å². The standard InChI is InChI=1S/C38H34O14/c1-13(51-15(3)39)29-27-25(21(41)11-37(29,5)49)35(47)23-19(33(27)45)9-7-17(31(23)43)18-8-10-20-24(32(18)44)36(48)26-22(42)12-38(6,50)30(28(26)34(20)46)14(2)52-16(4)40/h7-10,13-14,29-30,43-44,49-50H,11-12H2,1-6H3/t13-,14+,29-,30-,37+,38-/m0/s1. The van der Waals surface area contributed by atoms with Gasteiger partial charge in [-0.3, -0.25) is 38.4 Å². The van der Waals surface area contributed by atoms with Crippen LogP contribution < -0.4 is 0 Å². The zero-order valence-electron chi connectivity index (χ0n) is 28.9. The van der Waals surface area contributed by atoms with Gasteiger partial charge >= 0.3 is 11.9 Å². The monoisotopic (exact) mass is 714 g/mol. The average Bonchev–Trinajstić information content (AvgIpc) is 3.00. The molecule has 52 heavy (non-hydrogen) atoms. The van der Waals surface area contributed by atoms with Gasteiger partial charge in [-0.25, -0.2) is 0 Å². The van der Waals surface area contributed by atoms with Gasteiger partial charge in [0.2, 0.25) is 11.6 Å². The topological polar surface area (TPSA) is 236 Å². The first-order valence-electron chi connectivity index (χ1n) is 16.4. The van der Waals surface area contributed by atoms with Crippen LogP contribution in [0.15, 0.2) is 46.6 Å². The van der Waals surface area contributed by atoms with Crippen molar-refractivity contribution in [2.24, 2.45) is 11.8 Å². The molecule has 0 saturated heterocycles. The molecule has 4 N–H and O–H groups in total.